The van der Waals surface area contributed by atoms with Gasteiger partial charge in [-0.05, 0) is 80.0 Å². The molecule has 7 nitrogen and oxygen atoms in total. The van der Waals surface area contributed by atoms with Crippen LogP contribution < -0.4 is 10.1 Å². The lowest BCUT2D eigenvalue weighted by Crippen LogP contribution is -2.36. The number of nitrogens with zero attached hydrogens (tertiary/aromatic N) is 3. The molecule has 1 aliphatic rings. The van der Waals surface area contributed by atoms with E-state index in [0.29, 0.717) is 23.9 Å². The maximum absolute atomic E-state index is 12.9. The third kappa shape index (κ3) is 5.25. The van der Waals surface area contributed by atoms with Crippen LogP contribution >= 0.6 is 0 Å². The molecule has 1 aliphatic heterocycles. The number of aromatic nitrogens is 2. The summed E-state index contributed by atoms with van der Waals surface area (Å²) in [6, 6.07) is 25.1. The van der Waals surface area contributed by atoms with E-state index in [4.69, 9.17) is 9.15 Å². The lowest BCUT2D eigenvalue weighted by Gasteiger charge is -2.28. The molecule has 7 heteroatoms. The Hall–Kier alpha value is -3.97. The van der Waals surface area contributed by atoms with Crippen molar-refractivity contribution < 1.29 is 13.9 Å². The number of nitrogens with one attached hydrogen (secondary N) is 1. The summed E-state index contributed by atoms with van der Waals surface area (Å²) in [6.45, 7) is 2.61. The lowest BCUT2D eigenvalue weighted by molar-refractivity contribution is 0.0938. The van der Waals surface area contributed by atoms with E-state index in [2.05, 4.69) is 32.5 Å². The minimum Gasteiger partial charge on any atom is -0.497 e. The monoisotopic (exact) mass is 468 g/mol. The van der Waals surface area contributed by atoms with Crippen molar-refractivity contribution in [2.75, 3.05) is 26.7 Å². The number of carbonyl (C=O) groups is 1. The molecule has 2 heterocycles. The Morgan fingerprint density at radius 2 is 1.54 bits per heavy atom. The van der Waals surface area contributed by atoms with E-state index in [1.54, 1.807) is 19.2 Å². The molecule has 3 aromatic carbocycles. The fourth-order valence-corrected chi connectivity index (χ4v) is 4.43. The first-order valence-electron chi connectivity index (χ1n) is 11.9. The van der Waals surface area contributed by atoms with Crippen molar-refractivity contribution in [3.63, 3.8) is 0 Å². The van der Waals surface area contributed by atoms with Gasteiger partial charge in [0.25, 0.3) is 5.91 Å². The van der Waals surface area contributed by atoms with Gasteiger partial charge in [-0.2, -0.15) is 0 Å². The smallest absolute Gasteiger partial charge is 0.251 e. The summed E-state index contributed by atoms with van der Waals surface area (Å²) in [5, 5.41) is 11.4. The van der Waals surface area contributed by atoms with E-state index in [0.717, 1.165) is 30.0 Å². The first-order chi connectivity index (χ1) is 17.2. The summed E-state index contributed by atoms with van der Waals surface area (Å²) in [4.78, 5) is 15.4. The molecule has 5 rings (SSSR count). The van der Waals surface area contributed by atoms with Crippen LogP contribution in [0.4, 0.5) is 0 Å². The van der Waals surface area contributed by atoms with Gasteiger partial charge in [-0.3, -0.25) is 9.69 Å². The van der Waals surface area contributed by atoms with Crippen molar-refractivity contribution in [2.24, 2.45) is 0 Å². The zero-order valence-corrected chi connectivity index (χ0v) is 19.7. The van der Waals surface area contributed by atoms with Crippen LogP contribution in [0.5, 0.6) is 5.75 Å². The van der Waals surface area contributed by atoms with Crippen molar-refractivity contribution in [3.8, 4) is 28.7 Å². The highest BCUT2D eigenvalue weighted by Crippen LogP contribution is 2.27. The highest BCUT2D eigenvalue weighted by atomic mass is 16.5. The molecule has 35 heavy (non-hydrogen) atoms. The lowest BCUT2D eigenvalue weighted by atomic mass is 10.0. The molecule has 0 radical (unpaired) electrons. The van der Waals surface area contributed by atoms with Gasteiger partial charge in [0.1, 0.15) is 5.75 Å². The molecule has 1 aromatic heterocycles. The topological polar surface area (TPSA) is 80.5 Å². The van der Waals surface area contributed by atoms with Crippen molar-refractivity contribution in [1.29, 1.82) is 0 Å². The zero-order chi connectivity index (χ0) is 24.0. The molecule has 1 atom stereocenters. The van der Waals surface area contributed by atoms with Crippen molar-refractivity contribution in [3.05, 3.63) is 90.0 Å². The largest absolute Gasteiger partial charge is 0.497 e. The predicted molar refractivity (Wildman–Crippen MR) is 134 cm³/mol. The van der Waals surface area contributed by atoms with Crippen LogP contribution in [-0.2, 0) is 0 Å². The average Bonchev–Trinajstić information content (AvgIpc) is 3.63. The first kappa shape index (κ1) is 22.8. The highest BCUT2D eigenvalue weighted by molar-refractivity contribution is 5.94. The predicted octanol–water partition coefficient (Wildman–Crippen LogP) is 4.98. The molecule has 0 unspecified atom stereocenters. The second-order valence-electron chi connectivity index (χ2n) is 8.60. The fourth-order valence-electron chi connectivity index (χ4n) is 4.43. The first-order valence-corrected chi connectivity index (χ1v) is 11.9. The van der Waals surface area contributed by atoms with E-state index in [-0.39, 0.29) is 11.9 Å². The zero-order valence-electron chi connectivity index (χ0n) is 19.7. The van der Waals surface area contributed by atoms with Crippen LogP contribution in [0.25, 0.3) is 22.9 Å². The van der Waals surface area contributed by atoms with Crippen LogP contribution in [0.1, 0.15) is 34.8 Å². The quantitative estimate of drug-likeness (QED) is 0.393. The number of carbonyl (C=O) groups excluding carboxylic acids is 1. The maximum Gasteiger partial charge on any atom is 0.251 e. The molecule has 0 bridgehead atoms. The number of hydrogen-bond acceptors (Lipinski definition) is 6. The number of ether oxygens (including phenoxy) is 1. The molecule has 1 N–H and O–H groups in total. The van der Waals surface area contributed by atoms with Gasteiger partial charge < -0.3 is 14.5 Å². The van der Waals surface area contributed by atoms with Gasteiger partial charge in [0.2, 0.25) is 11.8 Å². The molecule has 1 amide bonds. The molecule has 0 spiro atoms. The normalized spacial score (nSPS) is 14.5. The number of amides is 1. The van der Waals surface area contributed by atoms with Gasteiger partial charge in [0.15, 0.2) is 0 Å². The summed E-state index contributed by atoms with van der Waals surface area (Å²) in [7, 11) is 1.67. The fraction of sp³-hybridized carbons (Fsp3) is 0.250. The average molecular weight is 469 g/mol. The van der Waals surface area contributed by atoms with E-state index in [1.807, 2.05) is 54.6 Å². The number of methoxy groups -OCH3 is 1. The maximum atomic E-state index is 12.9. The second kappa shape index (κ2) is 10.5. The Bertz CT molecular complexity index is 1250. The number of rotatable bonds is 8. The molecule has 178 valence electrons. The van der Waals surface area contributed by atoms with Crippen molar-refractivity contribution >= 4 is 5.91 Å². The highest BCUT2D eigenvalue weighted by Gasteiger charge is 2.24. The molecular weight excluding hydrogens is 440 g/mol. The summed E-state index contributed by atoms with van der Waals surface area (Å²) in [5.74, 6) is 1.61. The number of hydrogen-bond donors (Lipinski definition) is 1. The van der Waals surface area contributed by atoms with E-state index >= 15 is 0 Å². The Morgan fingerprint density at radius 1 is 0.914 bits per heavy atom. The Labute approximate surface area is 204 Å². The van der Waals surface area contributed by atoms with Crippen LogP contribution in [0, 0.1) is 0 Å². The standard InChI is InChI=1S/C28H28N4O3/c1-34-24-15-13-20(14-16-24)25(32-17-5-6-18-32)19-29-26(33)21-9-11-23(12-10-21)28-31-30-27(35-28)22-7-3-2-4-8-22/h2-4,7-16,25H,5-6,17-19H2,1H3,(H,29,33)/t25-/m0/s1. The van der Waals surface area contributed by atoms with Crippen LogP contribution in [0.15, 0.2) is 83.3 Å². The van der Waals surface area contributed by atoms with Crippen molar-refractivity contribution in [1.82, 2.24) is 20.4 Å². The third-order valence-corrected chi connectivity index (χ3v) is 6.38. The van der Waals surface area contributed by atoms with Gasteiger partial charge in [0, 0.05) is 23.2 Å². The molecule has 1 fully saturated rings. The molecular formula is C28H28N4O3. The van der Waals surface area contributed by atoms with Crippen LogP contribution in [0.3, 0.4) is 0 Å². The minimum absolute atomic E-state index is 0.107. The second-order valence-corrected chi connectivity index (χ2v) is 8.60. The molecule has 0 aliphatic carbocycles. The number of benzene rings is 3. The van der Waals surface area contributed by atoms with Gasteiger partial charge in [-0.1, -0.05) is 30.3 Å². The van der Waals surface area contributed by atoms with Gasteiger partial charge in [-0.25, -0.2) is 0 Å². The summed E-state index contributed by atoms with van der Waals surface area (Å²) < 4.78 is 11.1. The van der Waals surface area contributed by atoms with Gasteiger partial charge >= 0.3 is 0 Å². The number of likely N-dealkylation sites (tertiary alicyclic amines) is 1. The van der Waals surface area contributed by atoms with Crippen molar-refractivity contribution in [2.45, 2.75) is 18.9 Å². The Kier molecular flexibility index (Phi) is 6.86. The van der Waals surface area contributed by atoms with E-state index in [9.17, 15) is 4.79 Å². The minimum atomic E-state index is -0.107. The van der Waals surface area contributed by atoms with Crippen LogP contribution in [-0.4, -0.2) is 47.7 Å². The molecule has 0 saturated carbocycles. The SMILES string of the molecule is COc1ccc([C@H](CNC(=O)c2ccc(-c3nnc(-c4ccccc4)o3)cc2)N2CCCC2)cc1. The molecule has 1 saturated heterocycles. The molecule has 4 aromatic rings. The summed E-state index contributed by atoms with van der Waals surface area (Å²) in [6.07, 6.45) is 2.37. The summed E-state index contributed by atoms with van der Waals surface area (Å²) in [5.41, 5.74) is 3.40. The Morgan fingerprint density at radius 3 is 2.17 bits per heavy atom. The van der Waals surface area contributed by atoms with Gasteiger partial charge in [-0.15, -0.1) is 10.2 Å². The Balaban J connectivity index is 1.25. The van der Waals surface area contributed by atoms with Gasteiger partial charge in [0.05, 0.1) is 13.2 Å². The third-order valence-electron chi connectivity index (χ3n) is 6.38. The van der Waals surface area contributed by atoms with Crippen LogP contribution in [0.2, 0.25) is 0 Å². The van der Waals surface area contributed by atoms with E-state index < -0.39 is 0 Å². The summed E-state index contributed by atoms with van der Waals surface area (Å²) >= 11 is 0. The van der Waals surface area contributed by atoms with E-state index in [1.165, 1.54) is 18.4 Å².